The monoisotopic (exact) mass is 167 g/mol. The molecule has 0 fully saturated rings. The lowest BCUT2D eigenvalue weighted by atomic mass is 10.00. The normalized spacial score (nSPS) is 19.3. The Morgan fingerprint density at radius 2 is 2.42 bits per heavy atom. The van der Waals surface area contributed by atoms with Crippen LogP contribution in [0.15, 0.2) is 29.0 Å². The molecule has 1 rings (SSSR count). The first kappa shape index (κ1) is 8.52. The third-order valence-corrected chi connectivity index (χ3v) is 1.58. The van der Waals surface area contributed by atoms with Gasteiger partial charge in [-0.25, -0.2) is 0 Å². The van der Waals surface area contributed by atoms with Crippen LogP contribution in [0.3, 0.4) is 0 Å². The molecule has 0 aliphatic heterocycles. The van der Waals surface area contributed by atoms with E-state index in [1.165, 1.54) is 0 Å². The van der Waals surface area contributed by atoms with E-state index in [1.807, 2.05) is 0 Å². The highest BCUT2D eigenvalue weighted by molar-refractivity contribution is 6.04. The zero-order chi connectivity index (χ0) is 8.97. The van der Waals surface area contributed by atoms with E-state index in [0.717, 1.165) is 0 Å². The maximum absolute atomic E-state index is 10.3. The molecular formula is C8H9NO3. The van der Waals surface area contributed by atoms with Crippen LogP contribution in [-0.4, -0.2) is 22.0 Å². The number of rotatable bonds is 2. The summed E-state index contributed by atoms with van der Waals surface area (Å²) in [6, 6.07) is 0. The van der Waals surface area contributed by atoms with Crippen LogP contribution in [0.2, 0.25) is 0 Å². The predicted molar refractivity (Wildman–Crippen MR) is 43.3 cm³/mol. The van der Waals surface area contributed by atoms with E-state index in [-0.39, 0.29) is 6.42 Å². The molecule has 0 aromatic carbocycles. The van der Waals surface area contributed by atoms with Crippen molar-refractivity contribution < 1.29 is 15.1 Å². The minimum Gasteiger partial charge on any atom is -0.481 e. The van der Waals surface area contributed by atoms with Gasteiger partial charge >= 0.3 is 5.97 Å². The number of carbonyl (C=O) groups is 1. The number of oxime groups is 1. The zero-order valence-corrected chi connectivity index (χ0v) is 6.40. The molecule has 0 saturated carbocycles. The molecule has 0 amide bonds. The summed E-state index contributed by atoms with van der Waals surface area (Å²) in [5.74, 6) is -0.919. The average Bonchev–Trinajstić information content (AvgIpc) is 2.04. The third-order valence-electron chi connectivity index (χ3n) is 1.58. The van der Waals surface area contributed by atoms with Crippen molar-refractivity contribution in [2.75, 3.05) is 0 Å². The fraction of sp³-hybridized carbons (Fsp3) is 0.250. The molecular weight excluding hydrogens is 158 g/mol. The van der Waals surface area contributed by atoms with Crippen molar-refractivity contribution in [3.8, 4) is 0 Å². The Bertz CT molecular complexity index is 276. The second-order valence-electron chi connectivity index (χ2n) is 2.44. The van der Waals surface area contributed by atoms with E-state index in [1.54, 1.807) is 18.2 Å². The number of aliphatic carboxylic acids is 1. The molecule has 0 saturated heterocycles. The molecule has 0 bridgehead atoms. The Hall–Kier alpha value is -1.58. The van der Waals surface area contributed by atoms with Crippen molar-refractivity contribution in [2.24, 2.45) is 5.16 Å². The molecule has 0 spiro atoms. The molecule has 0 radical (unpaired) electrons. The van der Waals surface area contributed by atoms with Crippen molar-refractivity contribution in [1.82, 2.24) is 0 Å². The summed E-state index contributed by atoms with van der Waals surface area (Å²) in [7, 11) is 0. The summed E-state index contributed by atoms with van der Waals surface area (Å²) in [6.45, 7) is 0. The Morgan fingerprint density at radius 3 is 3.00 bits per heavy atom. The van der Waals surface area contributed by atoms with Gasteiger partial charge in [-0.1, -0.05) is 23.4 Å². The number of hydrogen-bond acceptors (Lipinski definition) is 3. The maximum Gasteiger partial charge on any atom is 0.307 e. The summed E-state index contributed by atoms with van der Waals surface area (Å²) < 4.78 is 0. The Balaban J connectivity index is 2.77. The molecule has 2 N–H and O–H groups in total. The van der Waals surface area contributed by atoms with E-state index in [0.29, 0.717) is 17.7 Å². The Morgan fingerprint density at radius 1 is 1.67 bits per heavy atom. The average molecular weight is 167 g/mol. The summed E-state index contributed by atoms with van der Waals surface area (Å²) in [4.78, 5) is 10.3. The van der Waals surface area contributed by atoms with Crippen molar-refractivity contribution in [3.05, 3.63) is 23.8 Å². The summed E-state index contributed by atoms with van der Waals surface area (Å²) >= 11 is 0. The van der Waals surface area contributed by atoms with Gasteiger partial charge in [0.05, 0.1) is 12.1 Å². The molecule has 12 heavy (non-hydrogen) atoms. The number of carboxylic acids is 1. The fourth-order valence-electron chi connectivity index (χ4n) is 1.02. The molecule has 1 aliphatic rings. The predicted octanol–water partition coefficient (Wildman–Crippen LogP) is 1.18. The van der Waals surface area contributed by atoms with Crippen molar-refractivity contribution >= 4 is 11.7 Å². The van der Waals surface area contributed by atoms with Gasteiger partial charge in [0.15, 0.2) is 0 Å². The molecule has 1 aliphatic carbocycles. The SMILES string of the molecule is O=C(O)CC1=CC=CCC1=NO. The van der Waals surface area contributed by atoms with Crippen molar-refractivity contribution in [3.63, 3.8) is 0 Å². The summed E-state index contributed by atoms with van der Waals surface area (Å²) in [6.07, 6.45) is 5.61. The van der Waals surface area contributed by atoms with E-state index < -0.39 is 5.97 Å². The highest BCUT2D eigenvalue weighted by Gasteiger charge is 2.12. The first-order valence-corrected chi connectivity index (χ1v) is 3.53. The standard InChI is InChI=1S/C8H9NO3/c10-8(11)5-6-3-1-2-4-7(6)9-12/h1-3,12H,4-5H2,(H,10,11). The maximum atomic E-state index is 10.3. The smallest absolute Gasteiger partial charge is 0.307 e. The quantitative estimate of drug-likeness (QED) is 0.479. The van der Waals surface area contributed by atoms with Gasteiger partial charge in [-0.3, -0.25) is 4.79 Å². The van der Waals surface area contributed by atoms with Crippen LogP contribution in [0.1, 0.15) is 12.8 Å². The first-order valence-electron chi connectivity index (χ1n) is 3.53. The second kappa shape index (κ2) is 3.71. The number of carboxylic acid groups (broad SMARTS) is 1. The minimum absolute atomic E-state index is 0.0935. The Kier molecular flexibility index (Phi) is 2.63. The van der Waals surface area contributed by atoms with Crippen LogP contribution in [0.25, 0.3) is 0 Å². The van der Waals surface area contributed by atoms with E-state index in [9.17, 15) is 4.79 Å². The molecule has 0 aromatic rings. The van der Waals surface area contributed by atoms with Crippen LogP contribution >= 0.6 is 0 Å². The minimum atomic E-state index is -0.919. The lowest BCUT2D eigenvalue weighted by Crippen LogP contribution is -2.09. The van der Waals surface area contributed by atoms with Crippen LogP contribution in [-0.2, 0) is 4.79 Å². The van der Waals surface area contributed by atoms with E-state index in [4.69, 9.17) is 10.3 Å². The van der Waals surface area contributed by atoms with Gasteiger partial charge < -0.3 is 10.3 Å². The van der Waals surface area contributed by atoms with Crippen molar-refractivity contribution in [1.29, 1.82) is 0 Å². The van der Waals surface area contributed by atoms with Gasteiger partial charge in [-0.05, 0) is 5.57 Å². The van der Waals surface area contributed by atoms with Crippen LogP contribution in [0, 0.1) is 0 Å². The zero-order valence-electron chi connectivity index (χ0n) is 6.40. The molecule has 0 heterocycles. The third kappa shape index (κ3) is 1.95. The molecule has 4 heteroatoms. The fourth-order valence-corrected chi connectivity index (χ4v) is 1.02. The van der Waals surface area contributed by atoms with Crippen LogP contribution in [0.4, 0.5) is 0 Å². The van der Waals surface area contributed by atoms with Crippen molar-refractivity contribution in [2.45, 2.75) is 12.8 Å². The number of nitrogens with zero attached hydrogens (tertiary/aromatic N) is 1. The van der Waals surface area contributed by atoms with E-state index in [2.05, 4.69) is 5.16 Å². The molecule has 0 unspecified atom stereocenters. The van der Waals surface area contributed by atoms with Gasteiger partial charge in [0.1, 0.15) is 0 Å². The number of allylic oxidation sites excluding steroid dienone is 3. The number of hydrogen-bond donors (Lipinski definition) is 2. The largest absolute Gasteiger partial charge is 0.481 e. The van der Waals surface area contributed by atoms with Crippen LogP contribution < -0.4 is 0 Å². The van der Waals surface area contributed by atoms with Gasteiger partial charge in [-0.15, -0.1) is 0 Å². The van der Waals surface area contributed by atoms with Gasteiger partial charge in [0, 0.05) is 6.42 Å². The molecule has 4 nitrogen and oxygen atoms in total. The Labute approximate surface area is 69.5 Å². The first-order chi connectivity index (χ1) is 5.74. The lowest BCUT2D eigenvalue weighted by molar-refractivity contribution is -0.136. The topological polar surface area (TPSA) is 69.9 Å². The summed E-state index contributed by atoms with van der Waals surface area (Å²) in [5, 5.41) is 20.0. The second-order valence-corrected chi connectivity index (χ2v) is 2.44. The highest BCUT2D eigenvalue weighted by Crippen LogP contribution is 2.12. The van der Waals surface area contributed by atoms with Crippen LogP contribution in [0.5, 0.6) is 0 Å². The van der Waals surface area contributed by atoms with Gasteiger partial charge in [-0.2, -0.15) is 0 Å². The molecule has 64 valence electrons. The summed E-state index contributed by atoms with van der Waals surface area (Å²) in [5.41, 5.74) is 0.993. The van der Waals surface area contributed by atoms with E-state index >= 15 is 0 Å². The van der Waals surface area contributed by atoms with Gasteiger partial charge in [0.25, 0.3) is 0 Å². The highest BCUT2D eigenvalue weighted by atomic mass is 16.4. The van der Waals surface area contributed by atoms with Gasteiger partial charge in [0.2, 0.25) is 0 Å². The lowest BCUT2D eigenvalue weighted by Gasteiger charge is -2.07. The molecule has 0 atom stereocenters. The molecule has 0 aromatic heterocycles.